The second kappa shape index (κ2) is 3.57. The summed E-state index contributed by atoms with van der Waals surface area (Å²) in [5, 5.41) is 11.5. The highest BCUT2D eigenvalue weighted by molar-refractivity contribution is 5.90. The molecule has 2 aliphatic heterocycles. The van der Waals surface area contributed by atoms with Crippen molar-refractivity contribution in [3.63, 3.8) is 0 Å². The molecule has 0 radical (unpaired) electrons. The maximum absolute atomic E-state index is 11.8. The monoisotopic (exact) mass is 198 g/mol. The highest BCUT2D eigenvalue weighted by atomic mass is 16.3. The van der Waals surface area contributed by atoms with Crippen LogP contribution in [0.25, 0.3) is 0 Å². The van der Waals surface area contributed by atoms with Gasteiger partial charge in [-0.1, -0.05) is 0 Å². The van der Waals surface area contributed by atoms with Crippen LogP contribution >= 0.6 is 0 Å². The van der Waals surface area contributed by atoms with Crippen LogP contribution < -0.4 is 5.32 Å². The second-order valence-electron chi connectivity index (χ2n) is 3.83. The number of carbonyl (C=O) groups excluding carboxylic acids is 2. The van der Waals surface area contributed by atoms with Gasteiger partial charge in [0.1, 0.15) is 6.04 Å². The number of fused-ring (bicyclic) bond motifs is 1. The van der Waals surface area contributed by atoms with E-state index in [9.17, 15) is 9.59 Å². The molecule has 0 aromatic rings. The molecule has 2 heterocycles. The first-order valence-corrected chi connectivity index (χ1v) is 4.93. The molecule has 2 rings (SSSR count). The van der Waals surface area contributed by atoms with E-state index in [1.165, 1.54) is 0 Å². The molecule has 2 saturated heterocycles. The van der Waals surface area contributed by atoms with E-state index >= 15 is 0 Å². The molecule has 2 atom stereocenters. The highest BCUT2D eigenvalue weighted by Gasteiger charge is 2.37. The number of hydrogen-bond donors (Lipinski definition) is 2. The minimum atomic E-state index is -0.731. The number of rotatable bonds is 1. The molecule has 14 heavy (non-hydrogen) atoms. The summed E-state index contributed by atoms with van der Waals surface area (Å²) in [5.74, 6) is -0.271. The van der Waals surface area contributed by atoms with E-state index in [0.29, 0.717) is 6.42 Å². The summed E-state index contributed by atoms with van der Waals surface area (Å²) in [6.07, 6.45) is 2.24. The smallest absolute Gasteiger partial charge is 0.247 e. The lowest BCUT2D eigenvalue weighted by molar-refractivity contribution is -0.134. The van der Waals surface area contributed by atoms with Crippen molar-refractivity contribution in [1.29, 1.82) is 0 Å². The van der Waals surface area contributed by atoms with Gasteiger partial charge in [0.2, 0.25) is 11.8 Å². The van der Waals surface area contributed by atoms with Gasteiger partial charge in [-0.2, -0.15) is 0 Å². The van der Waals surface area contributed by atoms with E-state index in [4.69, 9.17) is 5.11 Å². The van der Waals surface area contributed by atoms with Gasteiger partial charge in [0, 0.05) is 19.0 Å². The summed E-state index contributed by atoms with van der Waals surface area (Å²) in [7, 11) is 0. The van der Waals surface area contributed by atoms with E-state index in [1.807, 2.05) is 0 Å². The molecule has 2 fully saturated rings. The van der Waals surface area contributed by atoms with E-state index in [-0.39, 0.29) is 24.5 Å². The average Bonchev–Trinajstić information content (AvgIpc) is 2.57. The molecule has 2 unspecified atom stereocenters. The van der Waals surface area contributed by atoms with Gasteiger partial charge in [0.15, 0.2) is 0 Å². The minimum Gasteiger partial charge on any atom is -0.394 e. The number of hydrogen-bond acceptors (Lipinski definition) is 3. The third-order valence-corrected chi connectivity index (χ3v) is 2.90. The zero-order chi connectivity index (χ0) is 10.1. The van der Waals surface area contributed by atoms with Crippen LogP contribution in [0, 0.1) is 0 Å². The number of aliphatic hydroxyl groups is 1. The van der Waals surface area contributed by atoms with Crippen LogP contribution in [-0.2, 0) is 9.59 Å². The summed E-state index contributed by atoms with van der Waals surface area (Å²) in [6.45, 7) is 0.406. The largest absolute Gasteiger partial charge is 0.394 e. The van der Waals surface area contributed by atoms with Crippen LogP contribution in [0.2, 0.25) is 0 Å². The van der Waals surface area contributed by atoms with Crippen molar-refractivity contribution >= 4 is 11.8 Å². The second-order valence-corrected chi connectivity index (χ2v) is 3.83. The van der Waals surface area contributed by atoms with E-state index in [1.54, 1.807) is 4.90 Å². The number of amides is 2. The van der Waals surface area contributed by atoms with Crippen molar-refractivity contribution in [3.8, 4) is 0 Å². The third kappa shape index (κ3) is 1.48. The first kappa shape index (κ1) is 9.45. The first-order valence-electron chi connectivity index (χ1n) is 4.93. The van der Waals surface area contributed by atoms with Gasteiger partial charge in [-0.15, -0.1) is 0 Å². The molecule has 0 aromatic heterocycles. The summed E-state index contributed by atoms with van der Waals surface area (Å²) in [5.41, 5.74) is 0. The molecule has 0 bridgehead atoms. The van der Waals surface area contributed by atoms with Crippen LogP contribution in [-0.4, -0.2) is 47.1 Å². The van der Waals surface area contributed by atoms with E-state index in [0.717, 1.165) is 19.4 Å². The van der Waals surface area contributed by atoms with E-state index < -0.39 is 6.04 Å². The molecular formula is C9H14N2O3. The Morgan fingerprint density at radius 1 is 1.50 bits per heavy atom. The zero-order valence-electron chi connectivity index (χ0n) is 7.90. The van der Waals surface area contributed by atoms with Crippen LogP contribution in [0.5, 0.6) is 0 Å². The molecule has 0 aromatic carbocycles. The fraction of sp³-hybridized carbons (Fsp3) is 0.778. The summed E-state index contributed by atoms with van der Waals surface area (Å²) < 4.78 is 0. The van der Waals surface area contributed by atoms with Crippen LogP contribution in [0.3, 0.4) is 0 Å². The summed E-state index contributed by atoms with van der Waals surface area (Å²) in [6, 6.07) is -0.676. The highest BCUT2D eigenvalue weighted by Crippen LogP contribution is 2.22. The predicted molar refractivity (Wildman–Crippen MR) is 48.4 cm³/mol. The van der Waals surface area contributed by atoms with Gasteiger partial charge in [0.25, 0.3) is 0 Å². The SMILES string of the molecule is O=C1CC2CCCN2C(=O)C(CO)N1. The number of nitrogens with zero attached hydrogens (tertiary/aromatic N) is 1. The minimum absolute atomic E-state index is 0.0547. The standard InChI is InChI=1S/C9H14N2O3/c12-5-7-9(14)11-3-1-2-6(11)4-8(13)10-7/h6-7,12H,1-5H2,(H,10,13). The molecular weight excluding hydrogens is 184 g/mol. The Morgan fingerprint density at radius 3 is 3.00 bits per heavy atom. The Hall–Kier alpha value is -1.10. The number of carbonyl (C=O) groups is 2. The van der Waals surface area contributed by atoms with Gasteiger partial charge < -0.3 is 15.3 Å². The molecule has 2 aliphatic rings. The maximum atomic E-state index is 11.8. The van der Waals surface area contributed by atoms with Crippen molar-refractivity contribution in [1.82, 2.24) is 10.2 Å². The lowest BCUT2D eigenvalue weighted by Gasteiger charge is -2.23. The van der Waals surface area contributed by atoms with Gasteiger partial charge >= 0.3 is 0 Å². The predicted octanol–water partition coefficient (Wildman–Crippen LogP) is -1.14. The average molecular weight is 198 g/mol. The number of nitrogens with one attached hydrogen (secondary N) is 1. The van der Waals surface area contributed by atoms with Crippen molar-refractivity contribution in [2.45, 2.75) is 31.3 Å². The number of aliphatic hydroxyl groups excluding tert-OH is 1. The molecule has 0 aliphatic carbocycles. The lowest BCUT2D eigenvalue weighted by Crippen LogP contribution is -2.47. The van der Waals surface area contributed by atoms with Crippen LogP contribution in [0.15, 0.2) is 0 Å². The molecule has 2 N–H and O–H groups in total. The molecule has 0 saturated carbocycles. The van der Waals surface area contributed by atoms with Crippen molar-refractivity contribution < 1.29 is 14.7 Å². The molecule has 78 valence electrons. The third-order valence-electron chi connectivity index (χ3n) is 2.90. The van der Waals surface area contributed by atoms with Gasteiger partial charge in [-0.3, -0.25) is 9.59 Å². The van der Waals surface area contributed by atoms with Gasteiger partial charge in [-0.05, 0) is 12.8 Å². The Bertz CT molecular complexity index is 267. The van der Waals surface area contributed by atoms with Gasteiger partial charge in [0.05, 0.1) is 6.61 Å². The molecule has 2 amide bonds. The maximum Gasteiger partial charge on any atom is 0.247 e. The Balaban J connectivity index is 2.19. The summed E-state index contributed by atoms with van der Waals surface area (Å²) in [4.78, 5) is 24.8. The van der Waals surface area contributed by atoms with Crippen molar-refractivity contribution in [3.05, 3.63) is 0 Å². The van der Waals surface area contributed by atoms with Gasteiger partial charge in [-0.25, -0.2) is 0 Å². The topological polar surface area (TPSA) is 69.6 Å². The zero-order valence-corrected chi connectivity index (χ0v) is 7.90. The fourth-order valence-electron chi connectivity index (χ4n) is 2.19. The summed E-state index contributed by atoms with van der Waals surface area (Å²) >= 11 is 0. The fourth-order valence-corrected chi connectivity index (χ4v) is 2.19. The Morgan fingerprint density at radius 2 is 2.29 bits per heavy atom. The van der Waals surface area contributed by atoms with Crippen LogP contribution in [0.1, 0.15) is 19.3 Å². The molecule has 5 heteroatoms. The Labute approximate surface area is 82.1 Å². The normalized spacial score (nSPS) is 32.5. The molecule has 0 spiro atoms. The van der Waals surface area contributed by atoms with Crippen molar-refractivity contribution in [2.24, 2.45) is 0 Å². The molecule has 5 nitrogen and oxygen atoms in total. The first-order chi connectivity index (χ1) is 6.72. The van der Waals surface area contributed by atoms with Crippen molar-refractivity contribution in [2.75, 3.05) is 13.2 Å². The Kier molecular flexibility index (Phi) is 2.41. The van der Waals surface area contributed by atoms with E-state index in [2.05, 4.69) is 5.32 Å². The van der Waals surface area contributed by atoms with Crippen LogP contribution in [0.4, 0.5) is 0 Å². The lowest BCUT2D eigenvalue weighted by atomic mass is 10.1. The quantitative estimate of drug-likeness (QED) is 0.559.